The zero-order chi connectivity index (χ0) is 16.8. The van der Waals surface area contributed by atoms with E-state index in [1.165, 1.54) is 12.1 Å². The minimum Gasteiger partial charge on any atom is -0.336 e. The number of rotatable bonds is 3. The summed E-state index contributed by atoms with van der Waals surface area (Å²) < 4.78 is 27.5. The molecule has 4 saturated heterocycles. The number of hydrogen-bond acceptors (Lipinski definition) is 3. The van der Waals surface area contributed by atoms with Crippen LogP contribution in [0.25, 0.3) is 0 Å². The van der Waals surface area contributed by atoms with Crippen LogP contribution in [0.15, 0.2) is 18.2 Å². The van der Waals surface area contributed by atoms with Crippen molar-refractivity contribution in [1.82, 2.24) is 15.1 Å². The second kappa shape index (κ2) is 6.08. The highest BCUT2D eigenvalue weighted by Crippen LogP contribution is 2.46. The molecule has 4 nitrogen and oxygen atoms in total. The van der Waals surface area contributed by atoms with E-state index in [9.17, 15) is 13.6 Å². The Morgan fingerprint density at radius 2 is 1.83 bits per heavy atom. The van der Waals surface area contributed by atoms with Gasteiger partial charge >= 0.3 is 0 Å². The van der Waals surface area contributed by atoms with E-state index in [0.717, 1.165) is 32.0 Å². The van der Waals surface area contributed by atoms with E-state index in [-0.39, 0.29) is 23.9 Å². The van der Waals surface area contributed by atoms with E-state index >= 15 is 0 Å². The summed E-state index contributed by atoms with van der Waals surface area (Å²) in [6.07, 6.45) is 2.21. The maximum atomic E-state index is 13.7. The molecular weight excluding hydrogens is 312 g/mol. The molecule has 0 spiro atoms. The van der Waals surface area contributed by atoms with Crippen LogP contribution >= 0.6 is 0 Å². The lowest BCUT2D eigenvalue weighted by Gasteiger charge is -2.51. The van der Waals surface area contributed by atoms with Gasteiger partial charge in [0.2, 0.25) is 5.91 Å². The Hall–Kier alpha value is -1.53. The normalized spacial score (nSPS) is 34.5. The molecule has 4 heterocycles. The van der Waals surface area contributed by atoms with E-state index in [1.54, 1.807) is 7.05 Å². The molecule has 6 heteroatoms. The molecule has 2 bridgehead atoms. The molecule has 1 aromatic rings. The lowest BCUT2D eigenvalue weighted by molar-refractivity contribution is -0.134. The number of halogens is 2. The van der Waals surface area contributed by atoms with Crippen LogP contribution in [0.4, 0.5) is 8.78 Å². The number of nitrogens with one attached hydrogen (secondary N) is 1. The van der Waals surface area contributed by atoms with Gasteiger partial charge in [0, 0.05) is 24.6 Å². The summed E-state index contributed by atoms with van der Waals surface area (Å²) in [6, 6.07) is 4.12. The molecule has 0 unspecified atom stereocenters. The molecule has 1 N–H and O–H groups in total. The Kier molecular flexibility index (Phi) is 4.04. The summed E-state index contributed by atoms with van der Waals surface area (Å²) in [5.74, 6) is -0.524. The van der Waals surface area contributed by atoms with Crippen LogP contribution < -0.4 is 5.32 Å². The van der Waals surface area contributed by atoms with Crippen molar-refractivity contribution in [2.24, 2.45) is 5.92 Å². The molecule has 4 aliphatic heterocycles. The second-order valence-electron chi connectivity index (χ2n) is 7.24. The zero-order valence-corrected chi connectivity index (χ0v) is 13.8. The van der Waals surface area contributed by atoms with Crippen LogP contribution in [0, 0.1) is 17.6 Å². The van der Waals surface area contributed by atoms with E-state index in [2.05, 4.69) is 10.2 Å². The average molecular weight is 335 g/mol. The second-order valence-corrected chi connectivity index (χ2v) is 7.24. The summed E-state index contributed by atoms with van der Waals surface area (Å²) in [5, 5.41) is 2.93. The molecular formula is C18H23F2N3O. The van der Waals surface area contributed by atoms with Crippen molar-refractivity contribution in [3.63, 3.8) is 0 Å². The lowest BCUT2D eigenvalue weighted by atomic mass is 9.75. The Labute approximate surface area is 140 Å². The zero-order valence-electron chi connectivity index (χ0n) is 13.8. The lowest BCUT2D eigenvalue weighted by Crippen LogP contribution is -2.61. The van der Waals surface area contributed by atoms with E-state index in [1.807, 2.05) is 4.90 Å². The van der Waals surface area contributed by atoms with Gasteiger partial charge in [0.25, 0.3) is 0 Å². The van der Waals surface area contributed by atoms with Gasteiger partial charge < -0.3 is 10.2 Å². The number of carbonyl (C=O) groups is 1. The third kappa shape index (κ3) is 2.52. The van der Waals surface area contributed by atoms with Crippen molar-refractivity contribution in [3.8, 4) is 0 Å². The largest absolute Gasteiger partial charge is 0.336 e. The minimum atomic E-state index is -0.544. The number of carbonyl (C=O) groups excluding carboxylic acids is 1. The highest BCUT2D eigenvalue weighted by atomic mass is 19.1. The van der Waals surface area contributed by atoms with Crippen molar-refractivity contribution in [1.29, 1.82) is 0 Å². The standard InChI is InChI=1S/C18H23F2N3O/c1-21-9-16(24)23-10-15(12-6-13(19)8-14(20)7-12)18-17(23)11-2-4-22(18)5-3-11/h6-8,11,15,17-18,21H,2-5,9-10H2,1H3/t15-,17+,18+/m1/s1. The highest BCUT2D eigenvalue weighted by molar-refractivity contribution is 5.79. The van der Waals surface area contributed by atoms with Crippen molar-refractivity contribution in [2.45, 2.75) is 30.8 Å². The Balaban J connectivity index is 1.71. The fourth-order valence-corrected chi connectivity index (χ4v) is 5.04. The van der Waals surface area contributed by atoms with Crippen molar-refractivity contribution < 1.29 is 13.6 Å². The Morgan fingerprint density at radius 3 is 2.46 bits per heavy atom. The fraction of sp³-hybridized carbons (Fsp3) is 0.611. The summed E-state index contributed by atoms with van der Waals surface area (Å²) in [5.41, 5.74) is 0.676. The van der Waals surface area contributed by atoms with Crippen LogP contribution in [-0.2, 0) is 4.79 Å². The predicted octanol–water partition coefficient (Wildman–Crippen LogP) is 1.57. The number of amides is 1. The van der Waals surface area contributed by atoms with Gasteiger partial charge in [-0.05, 0) is 56.6 Å². The summed E-state index contributed by atoms with van der Waals surface area (Å²) >= 11 is 0. The molecule has 24 heavy (non-hydrogen) atoms. The molecule has 5 rings (SSSR count). The van der Waals surface area contributed by atoms with E-state index in [4.69, 9.17) is 0 Å². The molecule has 3 atom stereocenters. The maximum Gasteiger partial charge on any atom is 0.236 e. The smallest absolute Gasteiger partial charge is 0.236 e. The number of piperidine rings is 3. The molecule has 1 amide bonds. The van der Waals surface area contributed by atoms with Gasteiger partial charge in [-0.25, -0.2) is 8.78 Å². The first kappa shape index (κ1) is 16.0. The SMILES string of the molecule is CNCC(=O)N1C[C@H](c2cc(F)cc(F)c2)[C@H]2[C@@H]1C1CCN2CC1. The van der Waals surface area contributed by atoms with Gasteiger partial charge in [-0.2, -0.15) is 0 Å². The topological polar surface area (TPSA) is 35.6 Å². The van der Waals surface area contributed by atoms with E-state index < -0.39 is 11.6 Å². The van der Waals surface area contributed by atoms with Crippen molar-refractivity contribution >= 4 is 5.91 Å². The molecule has 4 aliphatic rings. The van der Waals surface area contributed by atoms with Crippen LogP contribution in [-0.4, -0.2) is 61.0 Å². The monoisotopic (exact) mass is 335 g/mol. The first-order valence-electron chi connectivity index (χ1n) is 8.72. The Bertz CT molecular complexity index is 625. The highest BCUT2D eigenvalue weighted by Gasteiger charge is 2.54. The summed E-state index contributed by atoms with van der Waals surface area (Å²) in [4.78, 5) is 17.0. The fourth-order valence-electron chi connectivity index (χ4n) is 5.04. The number of nitrogens with zero attached hydrogens (tertiary/aromatic N) is 2. The minimum absolute atomic E-state index is 0.0240. The van der Waals surface area contributed by atoms with Gasteiger partial charge in [-0.15, -0.1) is 0 Å². The summed E-state index contributed by atoms with van der Waals surface area (Å²) in [6.45, 7) is 2.90. The number of fused-ring (bicyclic) bond motifs is 2. The first-order valence-corrected chi connectivity index (χ1v) is 8.72. The van der Waals surface area contributed by atoms with Crippen LogP contribution in [0.1, 0.15) is 24.3 Å². The molecule has 0 radical (unpaired) electrons. The third-order valence-corrected chi connectivity index (χ3v) is 5.96. The quantitative estimate of drug-likeness (QED) is 0.911. The molecule has 130 valence electrons. The van der Waals surface area contributed by atoms with Gasteiger partial charge in [-0.3, -0.25) is 9.69 Å². The van der Waals surface area contributed by atoms with Crippen LogP contribution in [0.2, 0.25) is 0 Å². The number of likely N-dealkylation sites (N-methyl/N-ethyl adjacent to an activating group) is 1. The van der Waals surface area contributed by atoms with E-state index in [0.29, 0.717) is 24.6 Å². The molecule has 1 aromatic carbocycles. The molecule has 0 saturated carbocycles. The van der Waals surface area contributed by atoms with Gasteiger partial charge in [0.1, 0.15) is 11.6 Å². The maximum absolute atomic E-state index is 13.7. The number of hydrogen-bond donors (Lipinski definition) is 1. The summed E-state index contributed by atoms with van der Waals surface area (Å²) in [7, 11) is 1.77. The van der Waals surface area contributed by atoms with Gasteiger partial charge in [0.05, 0.1) is 12.6 Å². The molecule has 4 fully saturated rings. The molecule has 0 aliphatic carbocycles. The van der Waals surface area contributed by atoms with Crippen molar-refractivity contribution in [3.05, 3.63) is 35.4 Å². The third-order valence-electron chi connectivity index (χ3n) is 5.96. The van der Waals surface area contributed by atoms with Crippen molar-refractivity contribution in [2.75, 3.05) is 33.2 Å². The van der Waals surface area contributed by atoms with Gasteiger partial charge in [0.15, 0.2) is 0 Å². The predicted molar refractivity (Wildman–Crippen MR) is 86.6 cm³/mol. The average Bonchev–Trinajstić information content (AvgIpc) is 2.98. The van der Waals surface area contributed by atoms with Gasteiger partial charge in [-0.1, -0.05) is 0 Å². The Morgan fingerprint density at radius 1 is 1.17 bits per heavy atom. The first-order chi connectivity index (χ1) is 11.6. The molecule has 0 aromatic heterocycles. The van der Waals surface area contributed by atoms with Crippen LogP contribution in [0.3, 0.4) is 0 Å². The number of benzene rings is 1. The number of likely N-dealkylation sites (tertiary alicyclic amines) is 1. The van der Waals surface area contributed by atoms with Crippen LogP contribution in [0.5, 0.6) is 0 Å².